The minimum absolute atomic E-state index is 0.0146. The molecule has 0 radical (unpaired) electrons. The highest BCUT2D eigenvalue weighted by molar-refractivity contribution is 5.87. The van der Waals surface area contributed by atoms with E-state index >= 15 is 0 Å². The number of rotatable bonds is 15. The molecule has 1 aliphatic heterocycles. The maximum Gasteiger partial charge on any atom is 0.318 e. The molecule has 4 amide bonds. The van der Waals surface area contributed by atoms with Gasteiger partial charge in [0.25, 0.3) is 0 Å². The predicted octanol–water partition coefficient (Wildman–Crippen LogP) is 2.64. The Balaban J connectivity index is 1.55. The van der Waals surface area contributed by atoms with Crippen LogP contribution in [0, 0.1) is 5.92 Å². The monoisotopic (exact) mass is 588 g/mol. The first-order chi connectivity index (χ1) is 20.3. The van der Waals surface area contributed by atoms with Gasteiger partial charge in [-0.3, -0.25) is 9.59 Å². The molecule has 1 aliphatic carbocycles. The molecular weight excluding hydrogens is 536 g/mol. The third-order valence-electron chi connectivity index (χ3n) is 8.62. The zero-order valence-corrected chi connectivity index (χ0v) is 25.2. The second-order valence-electron chi connectivity index (χ2n) is 12.1. The van der Waals surface area contributed by atoms with E-state index in [1.165, 1.54) is 6.42 Å². The number of benzene rings is 1. The van der Waals surface area contributed by atoms with Crippen LogP contribution in [-0.2, 0) is 16.0 Å². The number of nitrogens with zero attached hydrogens (tertiary/aromatic N) is 1. The lowest BCUT2D eigenvalue weighted by Crippen LogP contribution is -2.54. The van der Waals surface area contributed by atoms with Crippen LogP contribution in [0.1, 0.15) is 89.5 Å². The highest BCUT2D eigenvalue weighted by Gasteiger charge is 2.31. The van der Waals surface area contributed by atoms with Gasteiger partial charge in [-0.15, -0.1) is 0 Å². The third-order valence-corrected chi connectivity index (χ3v) is 8.62. The molecule has 1 aromatic rings. The molecule has 2 fully saturated rings. The highest BCUT2D eigenvalue weighted by Crippen LogP contribution is 2.28. The number of urea groups is 1. The fourth-order valence-electron chi connectivity index (χ4n) is 5.99. The molecule has 4 atom stereocenters. The summed E-state index contributed by atoms with van der Waals surface area (Å²) in [6.45, 7) is 2.96. The van der Waals surface area contributed by atoms with Gasteiger partial charge >= 0.3 is 6.03 Å². The molecular formula is C32H52N4O6. The van der Waals surface area contributed by atoms with Crippen molar-refractivity contribution in [3.05, 3.63) is 35.9 Å². The minimum atomic E-state index is -1.04. The SMILES string of the molecule is CCCC[C@H](O)[C@H](O)[C@H](CC1CCCCC1)NC(=O)CCNC(=O)[C@H](Cc1ccccc1)NC(=O)N1CCC(O)CC1. The Hall–Kier alpha value is -2.69. The molecule has 1 aromatic carbocycles. The maximum atomic E-state index is 13.2. The molecule has 1 saturated heterocycles. The van der Waals surface area contributed by atoms with E-state index in [1.54, 1.807) is 4.90 Å². The zero-order chi connectivity index (χ0) is 30.3. The lowest BCUT2D eigenvalue weighted by atomic mass is 9.82. The van der Waals surface area contributed by atoms with Crippen molar-refractivity contribution in [3.63, 3.8) is 0 Å². The van der Waals surface area contributed by atoms with E-state index in [0.29, 0.717) is 51.1 Å². The van der Waals surface area contributed by atoms with E-state index in [1.807, 2.05) is 37.3 Å². The Morgan fingerprint density at radius 2 is 1.67 bits per heavy atom. The molecule has 10 nitrogen and oxygen atoms in total. The van der Waals surface area contributed by atoms with Crippen molar-refractivity contribution in [1.82, 2.24) is 20.9 Å². The molecule has 0 spiro atoms. The highest BCUT2D eigenvalue weighted by atomic mass is 16.3. The summed E-state index contributed by atoms with van der Waals surface area (Å²) in [5.41, 5.74) is 0.894. The lowest BCUT2D eigenvalue weighted by Gasteiger charge is -2.32. The molecule has 42 heavy (non-hydrogen) atoms. The molecule has 0 unspecified atom stereocenters. The fourth-order valence-corrected chi connectivity index (χ4v) is 5.99. The summed E-state index contributed by atoms with van der Waals surface area (Å²) < 4.78 is 0. The van der Waals surface area contributed by atoms with E-state index in [0.717, 1.165) is 44.1 Å². The molecule has 2 aliphatic rings. The van der Waals surface area contributed by atoms with Crippen LogP contribution in [0.5, 0.6) is 0 Å². The Bertz CT molecular complexity index is 950. The number of aliphatic hydroxyl groups is 3. The second kappa shape index (κ2) is 18.1. The van der Waals surface area contributed by atoms with E-state index in [2.05, 4.69) is 16.0 Å². The maximum absolute atomic E-state index is 13.2. The van der Waals surface area contributed by atoms with Gasteiger partial charge in [0.1, 0.15) is 6.04 Å². The first kappa shape index (κ1) is 33.8. The smallest absolute Gasteiger partial charge is 0.318 e. The van der Waals surface area contributed by atoms with Crippen LogP contribution in [0.3, 0.4) is 0 Å². The number of hydrogen-bond donors (Lipinski definition) is 6. The number of carbonyl (C=O) groups excluding carboxylic acids is 3. The van der Waals surface area contributed by atoms with Gasteiger partial charge in [0, 0.05) is 32.5 Å². The van der Waals surface area contributed by atoms with Gasteiger partial charge in [-0.05, 0) is 37.2 Å². The summed E-state index contributed by atoms with van der Waals surface area (Å²) >= 11 is 0. The van der Waals surface area contributed by atoms with Crippen LogP contribution in [-0.4, -0.2) is 88.1 Å². The normalized spacial score (nSPS) is 19.4. The summed E-state index contributed by atoms with van der Waals surface area (Å²) in [6, 6.07) is 7.70. The van der Waals surface area contributed by atoms with E-state index in [-0.39, 0.29) is 30.8 Å². The van der Waals surface area contributed by atoms with Crippen molar-refractivity contribution in [2.24, 2.45) is 5.92 Å². The Labute approximate surface area is 250 Å². The van der Waals surface area contributed by atoms with E-state index < -0.39 is 30.4 Å². The fraction of sp³-hybridized carbons (Fsp3) is 0.719. The largest absolute Gasteiger partial charge is 0.393 e. The zero-order valence-electron chi connectivity index (χ0n) is 25.2. The van der Waals surface area contributed by atoms with Crippen molar-refractivity contribution in [1.29, 1.82) is 0 Å². The van der Waals surface area contributed by atoms with Crippen molar-refractivity contribution in [2.75, 3.05) is 19.6 Å². The summed E-state index contributed by atoms with van der Waals surface area (Å²) in [5.74, 6) is -0.276. The molecule has 236 valence electrons. The van der Waals surface area contributed by atoms with Crippen LogP contribution >= 0.6 is 0 Å². The third kappa shape index (κ3) is 11.5. The standard InChI is InChI=1S/C32H52N4O6/c1-2-3-14-28(38)30(40)26(21-23-10-6-4-7-11-23)34-29(39)15-18-33-31(41)27(22-24-12-8-5-9-13-24)35-32(42)36-19-16-25(37)17-20-36/h5,8-9,12-13,23,25-28,30,37-38,40H,2-4,6-7,10-11,14-22H2,1H3,(H,33,41)(H,34,39)(H,35,42)/t26-,27-,28-,30+/m0/s1. The lowest BCUT2D eigenvalue weighted by molar-refractivity contribution is -0.124. The topological polar surface area (TPSA) is 151 Å². The van der Waals surface area contributed by atoms with Gasteiger partial charge in [-0.25, -0.2) is 4.79 Å². The number of nitrogens with one attached hydrogen (secondary N) is 3. The molecule has 1 heterocycles. The van der Waals surface area contributed by atoms with Gasteiger partial charge in [0.2, 0.25) is 11.8 Å². The molecule has 0 bridgehead atoms. The van der Waals surface area contributed by atoms with Gasteiger partial charge in [-0.1, -0.05) is 82.2 Å². The Kier molecular flexibility index (Phi) is 14.6. The molecule has 3 rings (SSSR count). The average Bonchev–Trinajstić information content (AvgIpc) is 3.00. The number of hydrogen-bond acceptors (Lipinski definition) is 6. The molecule has 0 aromatic heterocycles. The summed E-state index contributed by atoms with van der Waals surface area (Å²) in [5, 5.41) is 39.8. The molecule has 1 saturated carbocycles. The van der Waals surface area contributed by atoms with Gasteiger partial charge < -0.3 is 36.2 Å². The van der Waals surface area contributed by atoms with Crippen molar-refractivity contribution in [3.8, 4) is 0 Å². The summed E-state index contributed by atoms with van der Waals surface area (Å²) in [7, 11) is 0. The average molecular weight is 589 g/mol. The first-order valence-corrected chi connectivity index (χ1v) is 16.0. The number of amides is 4. The van der Waals surface area contributed by atoms with E-state index in [4.69, 9.17) is 0 Å². The first-order valence-electron chi connectivity index (χ1n) is 16.0. The van der Waals surface area contributed by atoms with Gasteiger partial charge in [0.15, 0.2) is 0 Å². The van der Waals surface area contributed by atoms with Crippen molar-refractivity contribution < 1.29 is 29.7 Å². The number of likely N-dealkylation sites (tertiary alicyclic amines) is 1. The van der Waals surface area contributed by atoms with E-state index in [9.17, 15) is 29.7 Å². The van der Waals surface area contributed by atoms with Crippen molar-refractivity contribution >= 4 is 17.8 Å². The van der Waals surface area contributed by atoms with Gasteiger partial charge in [-0.2, -0.15) is 0 Å². The number of unbranched alkanes of at least 4 members (excludes halogenated alkanes) is 1. The Morgan fingerprint density at radius 3 is 2.33 bits per heavy atom. The summed E-state index contributed by atoms with van der Waals surface area (Å²) in [4.78, 5) is 40.6. The van der Waals surface area contributed by atoms with Crippen LogP contribution in [0.2, 0.25) is 0 Å². The second-order valence-corrected chi connectivity index (χ2v) is 12.1. The number of piperidine rings is 1. The van der Waals surface area contributed by atoms with Crippen LogP contribution in [0.15, 0.2) is 30.3 Å². The Morgan fingerprint density at radius 1 is 0.976 bits per heavy atom. The molecule has 10 heteroatoms. The molecule has 6 N–H and O–H groups in total. The van der Waals surface area contributed by atoms with Crippen LogP contribution < -0.4 is 16.0 Å². The van der Waals surface area contributed by atoms with Gasteiger partial charge in [0.05, 0.1) is 24.4 Å². The minimum Gasteiger partial charge on any atom is -0.393 e. The predicted molar refractivity (Wildman–Crippen MR) is 162 cm³/mol. The summed E-state index contributed by atoms with van der Waals surface area (Å²) in [6.07, 6.45) is 7.42. The van der Waals surface area contributed by atoms with Crippen LogP contribution in [0.4, 0.5) is 4.79 Å². The number of aliphatic hydroxyl groups excluding tert-OH is 3. The van der Waals surface area contributed by atoms with Crippen molar-refractivity contribution in [2.45, 2.75) is 121 Å². The number of carbonyl (C=O) groups is 3. The quantitative estimate of drug-likeness (QED) is 0.185. The van der Waals surface area contributed by atoms with Crippen LogP contribution in [0.25, 0.3) is 0 Å².